The summed E-state index contributed by atoms with van der Waals surface area (Å²) in [5.41, 5.74) is 1.37. The number of rotatable bonds is 6. The molecular weight excluding hydrogens is 404 g/mol. The molecular formula is C23H23F2N3O3. The number of carbonyl (C=O) groups excluding carboxylic acids is 1. The zero-order chi connectivity index (χ0) is 21.8. The minimum atomic E-state index is -0.930. The monoisotopic (exact) mass is 427 g/mol. The zero-order valence-electron chi connectivity index (χ0n) is 16.9. The SMILES string of the molecule is N#Cc1ccc(C(OCCN2CCC3(CC2)CNC(=O)O3)c2ccc(F)c(F)c2)cc1. The molecule has 0 aromatic heterocycles. The van der Waals surface area contributed by atoms with E-state index >= 15 is 0 Å². The van der Waals surface area contributed by atoms with Gasteiger partial charge in [-0.3, -0.25) is 0 Å². The number of benzene rings is 2. The fourth-order valence-corrected chi connectivity index (χ4v) is 4.06. The van der Waals surface area contributed by atoms with Gasteiger partial charge < -0.3 is 19.7 Å². The predicted octanol–water partition coefficient (Wildman–Crippen LogP) is 3.52. The van der Waals surface area contributed by atoms with Gasteiger partial charge in [0.15, 0.2) is 11.6 Å². The summed E-state index contributed by atoms with van der Waals surface area (Å²) in [4.78, 5) is 13.6. The molecule has 2 aromatic rings. The maximum absolute atomic E-state index is 13.8. The molecule has 2 saturated heterocycles. The van der Waals surface area contributed by atoms with Crippen LogP contribution in [0, 0.1) is 23.0 Å². The summed E-state index contributed by atoms with van der Waals surface area (Å²) in [5, 5.41) is 11.7. The van der Waals surface area contributed by atoms with Crippen molar-refractivity contribution in [3.05, 3.63) is 70.8 Å². The maximum Gasteiger partial charge on any atom is 0.407 e. The van der Waals surface area contributed by atoms with Gasteiger partial charge in [0.05, 0.1) is 24.8 Å². The van der Waals surface area contributed by atoms with E-state index in [1.165, 1.54) is 6.07 Å². The first kappa shape index (κ1) is 21.2. The van der Waals surface area contributed by atoms with Gasteiger partial charge in [-0.2, -0.15) is 5.26 Å². The van der Waals surface area contributed by atoms with Gasteiger partial charge in [-0.05, 0) is 35.4 Å². The predicted molar refractivity (Wildman–Crippen MR) is 108 cm³/mol. The molecule has 1 unspecified atom stereocenters. The second-order valence-electron chi connectivity index (χ2n) is 7.93. The van der Waals surface area contributed by atoms with Gasteiger partial charge in [-0.25, -0.2) is 13.6 Å². The molecule has 6 nitrogen and oxygen atoms in total. The zero-order valence-corrected chi connectivity index (χ0v) is 16.9. The topological polar surface area (TPSA) is 74.6 Å². The van der Waals surface area contributed by atoms with Crippen LogP contribution in [0.1, 0.15) is 35.6 Å². The second-order valence-corrected chi connectivity index (χ2v) is 7.93. The van der Waals surface area contributed by atoms with Crippen molar-refractivity contribution >= 4 is 6.09 Å². The third-order valence-corrected chi connectivity index (χ3v) is 5.91. The molecule has 2 fully saturated rings. The van der Waals surface area contributed by atoms with Crippen LogP contribution in [0.5, 0.6) is 0 Å². The summed E-state index contributed by atoms with van der Waals surface area (Å²) in [6.45, 7) is 3.16. The van der Waals surface area contributed by atoms with Crippen LogP contribution in [0.3, 0.4) is 0 Å². The van der Waals surface area contributed by atoms with Crippen LogP contribution in [0.2, 0.25) is 0 Å². The molecule has 0 saturated carbocycles. The minimum absolute atomic E-state index is 0.353. The van der Waals surface area contributed by atoms with Crippen molar-refractivity contribution in [3.63, 3.8) is 0 Å². The van der Waals surface area contributed by atoms with Crippen molar-refractivity contribution in [2.45, 2.75) is 24.5 Å². The first-order valence-electron chi connectivity index (χ1n) is 10.2. The first-order valence-corrected chi connectivity index (χ1v) is 10.2. The number of carbonyl (C=O) groups is 1. The Balaban J connectivity index is 1.40. The van der Waals surface area contributed by atoms with Crippen molar-refractivity contribution in [1.29, 1.82) is 5.26 Å². The van der Waals surface area contributed by atoms with Crippen molar-refractivity contribution in [2.24, 2.45) is 0 Å². The standard InChI is InChI=1S/C23H23F2N3O3/c24-19-6-5-18(13-20(19)25)21(17-3-1-16(14-26)2-4-17)30-12-11-28-9-7-23(8-10-28)15-27-22(29)31-23/h1-6,13,21H,7-12,15H2,(H,27,29). The summed E-state index contributed by atoms with van der Waals surface area (Å²) in [5.74, 6) is -1.84. The second kappa shape index (κ2) is 9.00. The Morgan fingerprint density at radius 1 is 1.13 bits per heavy atom. The molecule has 0 bridgehead atoms. The molecule has 162 valence electrons. The highest BCUT2D eigenvalue weighted by Gasteiger charge is 2.42. The van der Waals surface area contributed by atoms with E-state index in [1.807, 2.05) is 0 Å². The quantitative estimate of drug-likeness (QED) is 0.764. The molecule has 0 radical (unpaired) electrons. The number of nitriles is 1. The fourth-order valence-electron chi connectivity index (χ4n) is 4.06. The number of nitrogens with zero attached hydrogens (tertiary/aromatic N) is 2. The number of alkyl carbamates (subject to hydrolysis) is 1. The molecule has 1 amide bonds. The number of nitrogens with one attached hydrogen (secondary N) is 1. The molecule has 2 heterocycles. The third-order valence-electron chi connectivity index (χ3n) is 5.91. The van der Waals surface area contributed by atoms with E-state index < -0.39 is 23.3 Å². The van der Waals surface area contributed by atoms with E-state index in [-0.39, 0.29) is 6.09 Å². The van der Waals surface area contributed by atoms with Crippen molar-refractivity contribution in [3.8, 4) is 6.07 Å². The average molecular weight is 427 g/mol. The number of amides is 1. The summed E-state index contributed by atoms with van der Waals surface area (Å²) in [6, 6.07) is 12.7. The number of piperidine rings is 1. The van der Waals surface area contributed by atoms with Gasteiger partial charge in [0.1, 0.15) is 11.7 Å². The van der Waals surface area contributed by atoms with Gasteiger partial charge in [0.2, 0.25) is 0 Å². The van der Waals surface area contributed by atoms with Crippen LogP contribution in [0.4, 0.5) is 13.6 Å². The number of ether oxygens (including phenoxy) is 2. The Morgan fingerprint density at radius 3 is 2.45 bits per heavy atom. The normalized spacial score (nSPS) is 18.9. The van der Waals surface area contributed by atoms with E-state index in [2.05, 4.69) is 16.3 Å². The summed E-state index contributed by atoms with van der Waals surface area (Å²) in [7, 11) is 0. The van der Waals surface area contributed by atoms with Gasteiger partial charge in [-0.1, -0.05) is 18.2 Å². The maximum atomic E-state index is 13.8. The summed E-state index contributed by atoms with van der Waals surface area (Å²) >= 11 is 0. The lowest BCUT2D eigenvalue weighted by atomic mass is 9.92. The third kappa shape index (κ3) is 4.84. The van der Waals surface area contributed by atoms with Crippen molar-refractivity contribution in [1.82, 2.24) is 10.2 Å². The highest BCUT2D eigenvalue weighted by molar-refractivity contribution is 5.70. The lowest BCUT2D eigenvalue weighted by Crippen LogP contribution is -2.47. The van der Waals surface area contributed by atoms with E-state index in [4.69, 9.17) is 14.7 Å². The Labute approximate surface area is 179 Å². The van der Waals surface area contributed by atoms with E-state index in [9.17, 15) is 13.6 Å². The average Bonchev–Trinajstić information content (AvgIpc) is 3.15. The molecule has 0 aliphatic carbocycles. The number of halogens is 2. The molecule has 4 rings (SSSR count). The van der Waals surface area contributed by atoms with Crippen molar-refractivity contribution in [2.75, 3.05) is 32.8 Å². The lowest BCUT2D eigenvalue weighted by Gasteiger charge is -2.37. The first-order chi connectivity index (χ1) is 15.0. The summed E-state index contributed by atoms with van der Waals surface area (Å²) in [6.07, 6.45) is 0.578. The van der Waals surface area contributed by atoms with Crippen LogP contribution in [0.15, 0.2) is 42.5 Å². The largest absolute Gasteiger partial charge is 0.441 e. The van der Waals surface area contributed by atoms with E-state index in [1.54, 1.807) is 24.3 Å². The molecule has 1 atom stereocenters. The number of hydrogen-bond acceptors (Lipinski definition) is 5. The van der Waals surface area contributed by atoms with Crippen LogP contribution < -0.4 is 5.32 Å². The van der Waals surface area contributed by atoms with Gasteiger partial charge in [-0.15, -0.1) is 0 Å². The molecule has 1 spiro atoms. The lowest BCUT2D eigenvalue weighted by molar-refractivity contribution is -0.0105. The molecule has 8 heteroatoms. The highest BCUT2D eigenvalue weighted by Crippen LogP contribution is 2.30. The molecule has 2 aliphatic rings. The van der Waals surface area contributed by atoms with Gasteiger partial charge >= 0.3 is 6.09 Å². The Hall–Kier alpha value is -3.02. The molecule has 2 aliphatic heterocycles. The van der Waals surface area contributed by atoms with Gasteiger partial charge in [0, 0.05) is 32.5 Å². The Morgan fingerprint density at radius 2 is 1.84 bits per heavy atom. The van der Waals surface area contributed by atoms with Crippen LogP contribution >= 0.6 is 0 Å². The minimum Gasteiger partial charge on any atom is -0.441 e. The van der Waals surface area contributed by atoms with Gasteiger partial charge in [0.25, 0.3) is 0 Å². The Bertz CT molecular complexity index is 983. The van der Waals surface area contributed by atoms with E-state index in [0.29, 0.717) is 30.8 Å². The molecule has 31 heavy (non-hydrogen) atoms. The van der Waals surface area contributed by atoms with Crippen LogP contribution in [-0.4, -0.2) is 49.4 Å². The summed E-state index contributed by atoms with van der Waals surface area (Å²) < 4.78 is 38.8. The smallest absolute Gasteiger partial charge is 0.407 e. The Kier molecular flexibility index (Phi) is 6.16. The number of likely N-dealkylation sites (tertiary alicyclic amines) is 1. The van der Waals surface area contributed by atoms with Crippen LogP contribution in [-0.2, 0) is 9.47 Å². The molecule has 1 N–H and O–H groups in total. The fraction of sp³-hybridized carbons (Fsp3) is 0.391. The van der Waals surface area contributed by atoms with Crippen LogP contribution in [0.25, 0.3) is 0 Å². The van der Waals surface area contributed by atoms with Crippen molar-refractivity contribution < 1.29 is 23.0 Å². The highest BCUT2D eigenvalue weighted by atomic mass is 19.2. The number of hydrogen-bond donors (Lipinski definition) is 1. The van der Waals surface area contributed by atoms with E-state index in [0.717, 1.165) is 43.6 Å². The molecule has 2 aromatic carbocycles.